The molecule has 1 aromatic rings. The number of ether oxygens (including phenoxy) is 1. The number of hydrogen-bond donors (Lipinski definition) is 0. The third-order valence-electron chi connectivity index (χ3n) is 1.65. The second-order valence-electron chi connectivity index (χ2n) is 2.74. The molecule has 1 rings (SSSR count). The Morgan fingerprint density at radius 3 is 2.67 bits per heavy atom. The molecule has 0 amide bonds. The van der Waals surface area contributed by atoms with Crippen molar-refractivity contribution in [3.63, 3.8) is 0 Å². The third-order valence-corrected chi connectivity index (χ3v) is 2.75. The van der Waals surface area contributed by atoms with E-state index in [1.165, 1.54) is 11.8 Å². The molecule has 1 unspecified atom stereocenters. The summed E-state index contributed by atoms with van der Waals surface area (Å²) >= 11 is 1.19. The van der Waals surface area contributed by atoms with Crippen LogP contribution in [0.25, 0.3) is 0 Å². The van der Waals surface area contributed by atoms with E-state index in [9.17, 15) is 9.59 Å². The van der Waals surface area contributed by atoms with Crippen LogP contribution in [0.5, 0.6) is 0 Å². The Morgan fingerprint density at radius 2 is 2.13 bits per heavy atom. The van der Waals surface area contributed by atoms with Crippen molar-refractivity contribution in [2.75, 3.05) is 6.61 Å². The van der Waals surface area contributed by atoms with Gasteiger partial charge in [0.25, 0.3) is 0 Å². The van der Waals surface area contributed by atoms with E-state index in [0.29, 0.717) is 12.9 Å². The highest BCUT2D eigenvalue weighted by molar-refractivity contribution is 8.01. The van der Waals surface area contributed by atoms with Crippen molar-refractivity contribution >= 4 is 24.0 Å². The molecule has 0 fully saturated rings. The zero-order chi connectivity index (χ0) is 11.1. The van der Waals surface area contributed by atoms with Gasteiger partial charge in [0.2, 0.25) is 0 Å². The van der Waals surface area contributed by atoms with Gasteiger partial charge in [-0.25, -0.2) is 0 Å². The predicted octanol–water partition coefficient (Wildman–Crippen LogP) is 1.91. The number of esters is 1. The molecule has 15 heavy (non-hydrogen) atoms. The minimum Gasteiger partial charge on any atom is -0.465 e. The number of rotatable bonds is 5. The van der Waals surface area contributed by atoms with Crippen molar-refractivity contribution in [3.8, 4) is 0 Å². The number of benzene rings is 1. The van der Waals surface area contributed by atoms with Gasteiger partial charge < -0.3 is 9.53 Å². The van der Waals surface area contributed by atoms with E-state index in [0.717, 1.165) is 4.90 Å². The van der Waals surface area contributed by atoms with Crippen molar-refractivity contribution in [1.29, 1.82) is 0 Å². The van der Waals surface area contributed by atoms with E-state index in [1.54, 1.807) is 6.92 Å². The topological polar surface area (TPSA) is 43.4 Å². The first-order valence-electron chi connectivity index (χ1n) is 4.61. The fourth-order valence-electron chi connectivity index (χ4n) is 1.00. The van der Waals surface area contributed by atoms with E-state index in [1.807, 2.05) is 30.3 Å². The smallest absolute Gasteiger partial charge is 0.326 e. The zero-order valence-electron chi connectivity index (χ0n) is 8.38. The number of aldehydes is 1. The molecule has 1 aromatic carbocycles. The molecule has 0 aromatic heterocycles. The fraction of sp³-hybridized carbons (Fsp3) is 0.273. The molecule has 3 nitrogen and oxygen atoms in total. The molecule has 0 spiro atoms. The predicted molar refractivity (Wildman–Crippen MR) is 58.8 cm³/mol. The number of thioether (sulfide) groups is 1. The van der Waals surface area contributed by atoms with E-state index >= 15 is 0 Å². The van der Waals surface area contributed by atoms with Crippen LogP contribution in [0.3, 0.4) is 0 Å². The lowest BCUT2D eigenvalue weighted by Crippen LogP contribution is -2.21. The summed E-state index contributed by atoms with van der Waals surface area (Å²) in [6, 6.07) is 9.29. The van der Waals surface area contributed by atoms with Gasteiger partial charge in [0.1, 0.15) is 6.29 Å². The lowest BCUT2D eigenvalue weighted by Gasteiger charge is -2.08. The van der Waals surface area contributed by atoms with Crippen LogP contribution in [0.4, 0.5) is 0 Å². The molecule has 0 aliphatic heterocycles. The molecule has 0 saturated heterocycles. The standard InChI is InChI=1S/C11H12O3S/c1-2-14-11(13)10(8-12)15-9-6-4-3-5-7-9/h3-8,10H,2H2,1H3. The minimum atomic E-state index is -0.771. The van der Waals surface area contributed by atoms with Crippen molar-refractivity contribution < 1.29 is 14.3 Å². The second-order valence-corrected chi connectivity index (χ2v) is 3.95. The summed E-state index contributed by atoms with van der Waals surface area (Å²) in [5.74, 6) is -0.485. The van der Waals surface area contributed by atoms with Crippen LogP contribution in [-0.4, -0.2) is 24.1 Å². The van der Waals surface area contributed by atoms with Gasteiger partial charge in [-0.3, -0.25) is 4.79 Å². The van der Waals surface area contributed by atoms with Gasteiger partial charge in [-0.2, -0.15) is 0 Å². The molecule has 80 valence electrons. The van der Waals surface area contributed by atoms with Crippen LogP contribution < -0.4 is 0 Å². The fourth-order valence-corrected chi connectivity index (χ4v) is 1.83. The normalized spacial score (nSPS) is 11.8. The Balaban J connectivity index is 2.62. The van der Waals surface area contributed by atoms with Crippen LogP contribution in [0.15, 0.2) is 35.2 Å². The van der Waals surface area contributed by atoms with Crippen LogP contribution >= 0.6 is 11.8 Å². The Labute approximate surface area is 92.8 Å². The molecular weight excluding hydrogens is 212 g/mol. The van der Waals surface area contributed by atoms with E-state index in [4.69, 9.17) is 4.74 Å². The quantitative estimate of drug-likeness (QED) is 0.331. The van der Waals surface area contributed by atoms with Crippen LogP contribution in [-0.2, 0) is 14.3 Å². The Hall–Kier alpha value is -1.29. The van der Waals surface area contributed by atoms with Crippen LogP contribution in [0, 0.1) is 0 Å². The van der Waals surface area contributed by atoms with Crippen molar-refractivity contribution in [1.82, 2.24) is 0 Å². The summed E-state index contributed by atoms with van der Waals surface area (Å²) in [7, 11) is 0. The van der Waals surface area contributed by atoms with Crippen molar-refractivity contribution in [3.05, 3.63) is 30.3 Å². The monoisotopic (exact) mass is 224 g/mol. The molecule has 0 N–H and O–H groups in total. The summed E-state index contributed by atoms with van der Waals surface area (Å²) in [6.45, 7) is 2.01. The van der Waals surface area contributed by atoms with E-state index < -0.39 is 11.2 Å². The Morgan fingerprint density at radius 1 is 1.47 bits per heavy atom. The highest BCUT2D eigenvalue weighted by Crippen LogP contribution is 2.22. The number of carbonyl (C=O) groups is 2. The average Bonchev–Trinajstić information content (AvgIpc) is 2.27. The maximum Gasteiger partial charge on any atom is 0.326 e. The first-order valence-corrected chi connectivity index (χ1v) is 5.49. The van der Waals surface area contributed by atoms with Crippen molar-refractivity contribution in [2.45, 2.75) is 17.1 Å². The number of hydrogen-bond acceptors (Lipinski definition) is 4. The average molecular weight is 224 g/mol. The Kier molecular flexibility index (Phi) is 4.90. The third kappa shape index (κ3) is 3.75. The first-order chi connectivity index (χ1) is 7.27. The van der Waals surface area contributed by atoms with Gasteiger partial charge in [0.15, 0.2) is 5.25 Å². The molecule has 1 atom stereocenters. The molecular formula is C11H12O3S. The molecule has 0 radical (unpaired) electrons. The van der Waals surface area contributed by atoms with Gasteiger partial charge >= 0.3 is 5.97 Å². The maximum atomic E-state index is 11.3. The summed E-state index contributed by atoms with van der Waals surface area (Å²) < 4.78 is 4.78. The highest BCUT2D eigenvalue weighted by Gasteiger charge is 2.19. The zero-order valence-corrected chi connectivity index (χ0v) is 9.20. The van der Waals surface area contributed by atoms with Gasteiger partial charge in [-0.05, 0) is 19.1 Å². The molecule has 0 heterocycles. The van der Waals surface area contributed by atoms with Gasteiger partial charge in [0.05, 0.1) is 6.61 Å². The van der Waals surface area contributed by atoms with Gasteiger partial charge in [-0.1, -0.05) is 18.2 Å². The number of carbonyl (C=O) groups excluding carboxylic acids is 2. The molecule has 4 heteroatoms. The van der Waals surface area contributed by atoms with E-state index in [-0.39, 0.29) is 0 Å². The van der Waals surface area contributed by atoms with Crippen molar-refractivity contribution in [2.24, 2.45) is 0 Å². The summed E-state index contributed by atoms with van der Waals surface area (Å²) in [5, 5.41) is -0.771. The Bertz CT molecular complexity index is 324. The van der Waals surface area contributed by atoms with Gasteiger partial charge in [0, 0.05) is 4.90 Å². The molecule has 0 bridgehead atoms. The van der Waals surface area contributed by atoms with Gasteiger partial charge in [-0.15, -0.1) is 11.8 Å². The molecule has 0 saturated carbocycles. The second kappa shape index (κ2) is 6.24. The lowest BCUT2D eigenvalue weighted by molar-refractivity contribution is -0.143. The SMILES string of the molecule is CCOC(=O)C(C=O)Sc1ccccc1. The highest BCUT2D eigenvalue weighted by atomic mass is 32.2. The van der Waals surface area contributed by atoms with E-state index in [2.05, 4.69) is 0 Å². The first kappa shape index (κ1) is 11.8. The summed E-state index contributed by atoms with van der Waals surface area (Å²) in [6.07, 6.45) is 0.607. The molecule has 0 aliphatic rings. The summed E-state index contributed by atoms with van der Waals surface area (Å²) in [5.41, 5.74) is 0. The lowest BCUT2D eigenvalue weighted by atomic mass is 10.4. The van der Waals surface area contributed by atoms with Crippen LogP contribution in [0.2, 0.25) is 0 Å². The largest absolute Gasteiger partial charge is 0.465 e. The maximum absolute atomic E-state index is 11.3. The minimum absolute atomic E-state index is 0.290. The summed E-state index contributed by atoms with van der Waals surface area (Å²) in [4.78, 5) is 22.9. The van der Waals surface area contributed by atoms with Crippen LogP contribution in [0.1, 0.15) is 6.92 Å². The molecule has 0 aliphatic carbocycles.